The second kappa shape index (κ2) is 6.32. The number of rotatable bonds is 4. The van der Waals surface area contributed by atoms with Crippen LogP contribution in [0.4, 0.5) is 5.69 Å². The molecule has 0 saturated heterocycles. The Balaban J connectivity index is 2.33. The summed E-state index contributed by atoms with van der Waals surface area (Å²) in [5, 5.41) is 21.2. The van der Waals surface area contributed by atoms with Gasteiger partial charge in [-0.15, -0.1) is 0 Å². The Morgan fingerprint density at radius 3 is 1.95 bits per heavy atom. The van der Waals surface area contributed by atoms with E-state index >= 15 is 0 Å². The summed E-state index contributed by atoms with van der Waals surface area (Å²) in [6.07, 6.45) is 0. The predicted molar refractivity (Wildman–Crippen MR) is 78.0 cm³/mol. The molecule has 20 heavy (non-hydrogen) atoms. The van der Waals surface area contributed by atoms with Crippen LogP contribution in [0, 0.1) is 0 Å². The zero-order valence-corrected chi connectivity index (χ0v) is 11.3. The van der Waals surface area contributed by atoms with E-state index in [1.165, 1.54) is 6.92 Å². The summed E-state index contributed by atoms with van der Waals surface area (Å²) < 4.78 is 0. The lowest BCUT2D eigenvalue weighted by Gasteiger charge is -2.08. The summed E-state index contributed by atoms with van der Waals surface area (Å²) in [5.41, 5.74) is 4.15. The number of aliphatic hydroxyl groups excluding tert-OH is 2. The lowest BCUT2D eigenvalue weighted by molar-refractivity contribution is -0.114. The van der Waals surface area contributed by atoms with E-state index in [9.17, 15) is 15.0 Å². The van der Waals surface area contributed by atoms with Gasteiger partial charge < -0.3 is 15.5 Å². The van der Waals surface area contributed by atoms with Crippen LogP contribution in [-0.2, 0) is 18.0 Å². The molecular weight excluding hydrogens is 254 g/mol. The van der Waals surface area contributed by atoms with E-state index in [4.69, 9.17) is 0 Å². The molecule has 3 N–H and O–H groups in total. The maximum absolute atomic E-state index is 11.0. The molecule has 4 heteroatoms. The highest BCUT2D eigenvalue weighted by Gasteiger charge is 2.03. The molecule has 0 saturated carbocycles. The van der Waals surface area contributed by atoms with Crippen molar-refractivity contribution in [3.05, 3.63) is 53.6 Å². The third-order valence-electron chi connectivity index (χ3n) is 2.96. The monoisotopic (exact) mass is 271 g/mol. The Hall–Kier alpha value is -2.17. The minimum Gasteiger partial charge on any atom is -0.392 e. The van der Waals surface area contributed by atoms with Crippen molar-refractivity contribution in [2.45, 2.75) is 20.1 Å². The number of amides is 1. The largest absolute Gasteiger partial charge is 0.392 e. The van der Waals surface area contributed by atoms with E-state index in [2.05, 4.69) is 5.32 Å². The summed E-state index contributed by atoms with van der Waals surface area (Å²) in [6.45, 7) is 1.34. The third-order valence-corrected chi connectivity index (χ3v) is 2.96. The van der Waals surface area contributed by atoms with Gasteiger partial charge in [0, 0.05) is 12.6 Å². The molecule has 0 fully saturated rings. The minimum absolute atomic E-state index is 0.0647. The number of aliphatic hydroxyl groups is 2. The van der Waals surface area contributed by atoms with Crippen LogP contribution in [0.3, 0.4) is 0 Å². The molecule has 1 amide bonds. The molecule has 0 aliphatic carbocycles. The van der Waals surface area contributed by atoms with Crippen LogP contribution in [0.25, 0.3) is 11.1 Å². The van der Waals surface area contributed by atoms with Gasteiger partial charge in [-0.1, -0.05) is 18.2 Å². The third kappa shape index (κ3) is 3.44. The molecule has 104 valence electrons. The molecule has 0 aromatic heterocycles. The number of nitrogens with one attached hydrogen (secondary N) is 1. The normalized spacial score (nSPS) is 10.3. The second-order valence-electron chi connectivity index (χ2n) is 4.61. The number of anilines is 1. The topological polar surface area (TPSA) is 69.6 Å². The van der Waals surface area contributed by atoms with E-state index < -0.39 is 0 Å². The SMILES string of the molecule is CC(=O)Nc1ccc(-c2cc(CO)cc(CO)c2)cc1. The van der Waals surface area contributed by atoms with Crippen LogP contribution in [0.1, 0.15) is 18.1 Å². The fraction of sp³-hybridized carbons (Fsp3) is 0.188. The Morgan fingerprint density at radius 1 is 0.950 bits per heavy atom. The fourth-order valence-electron chi connectivity index (χ4n) is 2.06. The summed E-state index contributed by atoms with van der Waals surface area (Å²) in [4.78, 5) is 11.0. The molecule has 0 aliphatic heterocycles. The van der Waals surface area contributed by atoms with Crippen LogP contribution < -0.4 is 5.32 Å². The lowest BCUT2D eigenvalue weighted by Crippen LogP contribution is -2.05. The van der Waals surface area contributed by atoms with Crippen LogP contribution in [0.2, 0.25) is 0 Å². The molecule has 0 unspecified atom stereocenters. The predicted octanol–water partition coefficient (Wildman–Crippen LogP) is 2.30. The van der Waals surface area contributed by atoms with E-state index in [0.29, 0.717) is 0 Å². The van der Waals surface area contributed by atoms with E-state index in [1.807, 2.05) is 36.4 Å². The first-order valence-corrected chi connectivity index (χ1v) is 6.35. The Bertz CT molecular complexity index is 583. The molecule has 2 aromatic carbocycles. The maximum atomic E-state index is 11.0. The molecule has 0 atom stereocenters. The van der Waals surface area contributed by atoms with Gasteiger partial charge in [-0.25, -0.2) is 0 Å². The average molecular weight is 271 g/mol. The van der Waals surface area contributed by atoms with Gasteiger partial charge in [0.05, 0.1) is 13.2 Å². The summed E-state index contributed by atoms with van der Waals surface area (Å²) >= 11 is 0. The smallest absolute Gasteiger partial charge is 0.221 e. The van der Waals surface area contributed by atoms with Gasteiger partial charge in [0.2, 0.25) is 5.91 Å². The van der Waals surface area contributed by atoms with Gasteiger partial charge >= 0.3 is 0 Å². The summed E-state index contributed by atoms with van der Waals surface area (Å²) in [7, 11) is 0. The van der Waals surface area contributed by atoms with Gasteiger partial charge in [-0.2, -0.15) is 0 Å². The standard InChI is InChI=1S/C16H17NO3/c1-11(20)17-16-4-2-14(3-5-16)15-7-12(9-18)6-13(8-15)10-19/h2-8,18-19H,9-10H2,1H3,(H,17,20). The summed E-state index contributed by atoms with van der Waals surface area (Å²) in [6, 6.07) is 13.0. The van der Waals surface area contributed by atoms with Crippen LogP contribution in [0.5, 0.6) is 0 Å². The van der Waals surface area contributed by atoms with Crippen molar-refractivity contribution >= 4 is 11.6 Å². The van der Waals surface area contributed by atoms with Crippen molar-refractivity contribution in [3.8, 4) is 11.1 Å². The highest BCUT2D eigenvalue weighted by molar-refractivity contribution is 5.89. The molecule has 0 bridgehead atoms. The van der Waals surface area contributed by atoms with Gasteiger partial charge in [-0.05, 0) is 46.5 Å². The number of benzene rings is 2. The van der Waals surface area contributed by atoms with Crippen molar-refractivity contribution < 1.29 is 15.0 Å². The molecule has 0 heterocycles. The molecule has 0 radical (unpaired) electrons. The van der Waals surface area contributed by atoms with Crippen LogP contribution in [0.15, 0.2) is 42.5 Å². The van der Waals surface area contributed by atoms with Gasteiger partial charge in [0.1, 0.15) is 0 Å². The fourth-order valence-corrected chi connectivity index (χ4v) is 2.06. The molecule has 2 aromatic rings. The van der Waals surface area contributed by atoms with E-state index in [1.54, 1.807) is 6.07 Å². The van der Waals surface area contributed by atoms with E-state index in [-0.39, 0.29) is 19.1 Å². The molecule has 2 rings (SSSR count). The second-order valence-corrected chi connectivity index (χ2v) is 4.61. The van der Waals surface area contributed by atoms with Gasteiger partial charge in [0.15, 0.2) is 0 Å². The van der Waals surface area contributed by atoms with Gasteiger partial charge in [0.25, 0.3) is 0 Å². The average Bonchev–Trinajstić information content (AvgIpc) is 2.46. The minimum atomic E-state index is -0.109. The molecular formula is C16H17NO3. The molecule has 4 nitrogen and oxygen atoms in total. The van der Waals surface area contributed by atoms with Crippen molar-refractivity contribution in [3.63, 3.8) is 0 Å². The number of carbonyl (C=O) groups is 1. The first kappa shape index (κ1) is 14.2. The Kier molecular flexibility index (Phi) is 4.50. The number of carbonyl (C=O) groups excluding carboxylic acids is 1. The van der Waals surface area contributed by atoms with Crippen LogP contribution in [-0.4, -0.2) is 16.1 Å². The lowest BCUT2D eigenvalue weighted by atomic mass is 10.00. The van der Waals surface area contributed by atoms with Crippen molar-refractivity contribution in [2.24, 2.45) is 0 Å². The first-order chi connectivity index (χ1) is 9.62. The summed E-state index contributed by atoms with van der Waals surface area (Å²) in [5.74, 6) is -0.109. The van der Waals surface area contributed by atoms with Crippen molar-refractivity contribution in [1.82, 2.24) is 0 Å². The Morgan fingerprint density at radius 2 is 1.50 bits per heavy atom. The van der Waals surface area contributed by atoms with Gasteiger partial charge in [-0.3, -0.25) is 4.79 Å². The zero-order chi connectivity index (χ0) is 14.5. The highest BCUT2D eigenvalue weighted by Crippen LogP contribution is 2.24. The molecule has 0 aliphatic rings. The van der Waals surface area contributed by atoms with E-state index in [0.717, 1.165) is 27.9 Å². The maximum Gasteiger partial charge on any atom is 0.221 e. The quantitative estimate of drug-likeness (QED) is 0.799. The van der Waals surface area contributed by atoms with Crippen molar-refractivity contribution in [2.75, 3.05) is 5.32 Å². The number of hydrogen-bond donors (Lipinski definition) is 3. The Labute approximate surface area is 117 Å². The number of hydrogen-bond acceptors (Lipinski definition) is 3. The zero-order valence-electron chi connectivity index (χ0n) is 11.3. The first-order valence-electron chi connectivity index (χ1n) is 6.35. The molecule has 0 spiro atoms. The van der Waals surface area contributed by atoms with Crippen molar-refractivity contribution in [1.29, 1.82) is 0 Å². The highest BCUT2D eigenvalue weighted by atomic mass is 16.3. The van der Waals surface area contributed by atoms with Crippen LogP contribution >= 0.6 is 0 Å².